The molecule has 0 radical (unpaired) electrons. The number of hydrogen-bond acceptors (Lipinski definition) is 5. The van der Waals surface area contributed by atoms with Crippen molar-refractivity contribution in [1.82, 2.24) is 9.38 Å². The maximum Gasteiger partial charge on any atom is 0.311 e. The van der Waals surface area contributed by atoms with E-state index in [2.05, 4.69) is 14.9 Å². The molecule has 0 saturated carbocycles. The molecule has 0 bridgehead atoms. The SMILES string of the molecule is COC(=O)Cc1nc2c(F)cccn2c1N=O. The number of fused-ring (bicyclic) bond motifs is 1. The van der Waals surface area contributed by atoms with Crippen LogP contribution < -0.4 is 0 Å². The quantitative estimate of drug-likeness (QED) is 0.600. The number of hydrogen-bond donors (Lipinski definition) is 0. The second kappa shape index (κ2) is 4.28. The van der Waals surface area contributed by atoms with E-state index < -0.39 is 11.8 Å². The van der Waals surface area contributed by atoms with Crippen LogP contribution in [-0.4, -0.2) is 22.5 Å². The first kappa shape index (κ1) is 11.2. The number of rotatable bonds is 3. The Morgan fingerprint density at radius 3 is 3.06 bits per heavy atom. The van der Waals surface area contributed by atoms with Gasteiger partial charge in [-0.05, 0) is 17.3 Å². The number of pyridine rings is 1. The van der Waals surface area contributed by atoms with Crippen LogP contribution in [0, 0.1) is 10.7 Å². The zero-order valence-electron chi connectivity index (χ0n) is 8.88. The summed E-state index contributed by atoms with van der Waals surface area (Å²) in [5, 5.41) is 2.76. The lowest BCUT2D eigenvalue weighted by Gasteiger charge is -1.95. The monoisotopic (exact) mass is 237 g/mol. The molecule has 2 aromatic heterocycles. The molecule has 0 aliphatic heterocycles. The zero-order chi connectivity index (χ0) is 12.4. The van der Waals surface area contributed by atoms with Gasteiger partial charge in [0.05, 0.1) is 13.5 Å². The van der Waals surface area contributed by atoms with E-state index in [4.69, 9.17) is 0 Å². The van der Waals surface area contributed by atoms with Crippen molar-refractivity contribution in [3.8, 4) is 0 Å². The van der Waals surface area contributed by atoms with E-state index >= 15 is 0 Å². The van der Waals surface area contributed by atoms with Gasteiger partial charge in [0.15, 0.2) is 11.5 Å². The first-order valence-electron chi connectivity index (χ1n) is 4.73. The number of nitrogens with zero attached hydrogens (tertiary/aromatic N) is 3. The van der Waals surface area contributed by atoms with E-state index in [1.54, 1.807) is 0 Å². The van der Waals surface area contributed by atoms with E-state index in [9.17, 15) is 14.1 Å². The van der Waals surface area contributed by atoms with Crippen LogP contribution in [-0.2, 0) is 16.0 Å². The summed E-state index contributed by atoms with van der Waals surface area (Å²) in [4.78, 5) is 25.7. The van der Waals surface area contributed by atoms with Gasteiger partial charge in [-0.2, -0.15) is 0 Å². The fourth-order valence-electron chi connectivity index (χ4n) is 1.49. The number of nitroso groups, excluding NO2 is 1. The van der Waals surface area contributed by atoms with E-state index in [1.807, 2.05) is 0 Å². The average Bonchev–Trinajstić information content (AvgIpc) is 2.68. The van der Waals surface area contributed by atoms with Crippen molar-refractivity contribution in [3.63, 3.8) is 0 Å². The molecule has 7 heteroatoms. The fraction of sp³-hybridized carbons (Fsp3) is 0.200. The summed E-state index contributed by atoms with van der Waals surface area (Å²) < 4.78 is 19.0. The Bertz CT molecular complexity index is 594. The lowest BCUT2D eigenvalue weighted by Crippen LogP contribution is -2.04. The summed E-state index contributed by atoms with van der Waals surface area (Å²) in [6, 6.07) is 2.62. The second-order valence-electron chi connectivity index (χ2n) is 3.28. The van der Waals surface area contributed by atoms with Crippen LogP contribution in [0.5, 0.6) is 0 Å². The molecule has 2 rings (SSSR count). The fourth-order valence-corrected chi connectivity index (χ4v) is 1.49. The Hall–Kier alpha value is -2.31. The molecule has 0 N–H and O–H groups in total. The largest absolute Gasteiger partial charge is 0.469 e. The van der Waals surface area contributed by atoms with Crippen LogP contribution in [0.3, 0.4) is 0 Å². The minimum atomic E-state index is -0.589. The minimum absolute atomic E-state index is 0.0407. The van der Waals surface area contributed by atoms with E-state index in [0.717, 1.165) is 0 Å². The molecule has 0 aliphatic rings. The summed E-state index contributed by atoms with van der Waals surface area (Å²) in [6.07, 6.45) is 1.22. The van der Waals surface area contributed by atoms with Gasteiger partial charge in [-0.3, -0.25) is 9.20 Å². The molecule has 0 fully saturated rings. The highest BCUT2D eigenvalue weighted by Gasteiger charge is 2.18. The molecule has 0 aliphatic carbocycles. The number of aromatic nitrogens is 2. The van der Waals surface area contributed by atoms with E-state index in [-0.39, 0.29) is 23.6 Å². The number of imidazole rings is 1. The number of halogens is 1. The van der Waals surface area contributed by atoms with Crippen molar-refractivity contribution in [3.05, 3.63) is 34.7 Å². The molecule has 2 aromatic rings. The maximum absolute atomic E-state index is 13.4. The molecule has 0 unspecified atom stereocenters. The Morgan fingerprint density at radius 2 is 2.41 bits per heavy atom. The third kappa shape index (κ3) is 1.86. The Kier molecular flexibility index (Phi) is 2.82. The molecule has 0 saturated heterocycles. The normalized spacial score (nSPS) is 10.5. The van der Waals surface area contributed by atoms with Crippen molar-refractivity contribution >= 4 is 17.4 Å². The van der Waals surface area contributed by atoms with E-state index in [1.165, 1.54) is 29.8 Å². The molecule has 0 spiro atoms. The predicted molar refractivity (Wildman–Crippen MR) is 56.3 cm³/mol. The number of methoxy groups -OCH3 is 1. The lowest BCUT2D eigenvalue weighted by molar-refractivity contribution is -0.139. The Balaban J connectivity index is 2.59. The van der Waals surface area contributed by atoms with Gasteiger partial charge in [-0.1, -0.05) is 0 Å². The van der Waals surface area contributed by atoms with Gasteiger partial charge in [0.2, 0.25) is 5.82 Å². The highest BCUT2D eigenvalue weighted by Crippen LogP contribution is 2.23. The molecule has 0 atom stereocenters. The van der Waals surface area contributed by atoms with Gasteiger partial charge in [0, 0.05) is 6.20 Å². The summed E-state index contributed by atoms with van der Waals surface area (Å²) in [5.41, 5.74) is 0.0537. The smallest absolute Gasteiger partial charge is 0.311 e. The number of ether oxygens (including phenoxy) is 1. The average molecular weight is 237 g/mol. The highest BCUT2D eigenvalue weighted by molar-refractivity contribution is 5.74. The first-order valence-corrected chi connectivity index (χ1v) is 4.73. The standard InChI is InChI=1S/C10H8FN3O3/c1-17-8(15)5-7-10(13-16)14-4-2-3-6(11)9(14)12-7/h2-4H,5H2,1H3. The van der Waals surface area contributed by atoms with Crippen LogP contribution in [0.1, 0.15) is 5.69 Å². The molecule has 88 valence electrons. The third-order valence-electron chi connectivity index (χ3n) is 2.27. The van der Waals surface area contributed by atoms with Crippen LogP contribution in [0.2, 0.25) is 0 Å². The van der Waals surface area contributed by atoms with Gasteiger partial charge in [-0.25, -0.2) is 9.37 Å². The molecular weight excluding hydrogens is 229 g/mol. The number of carbonyl (C=O) groups is 1. The molecule has 6 nitrogen and oxygen atoms in total. The van der Waals surface area contributed by atoms with Crippen molar-refractivity contribution < 1.29 is 13.9 Å². The van der Waals surface area contributed by atoms with Crippen LogP contribution >= 0.6 is 0 Å². The molecular formula is C10H8FN3O3. The summed E-state index contributed by atoms with van der Waals surface area (Å²) in [6.45, 7) is 0. The lowest BCUT2D eigenvalue weighted by atomic mass is 10.3. The van der Waals surface area contributed by atoms with E-state index in [0.29, 0.717) is 0 Å². The molecule has 0 aromatic carbocycles. The zero-order valence-corrected chi connectivity index (χ0v) is 8.88. The Morgan fingerprint density at radius 1 is 1.65 bits per heavy atom. The summed E-state index contributed by atoms with van der Waals surface area (Å²) in [5.74, 6) is -1.25. The summed E-state index contributed by atoms with van der Waals surface area (Å²) >= 11 is 0. The minimum Gasteiger partial charge on any atom is -0.469 e. The molecule has 0 amide bonds. The van der Waals surface area contributed by atoms with Crippen molar-refractivity contribution in [2.24, 2.45) is 5.18 Å². The van der Waals surface area contributed by atoms with Gasteiger partial charge in [0.1, 0.15) is 5.69 Å². The van der Waals surface area contributed by atoms with Crippen molar-refractivity contribution in [2.75, 3.05) is 7.11 Å². The van der Waals surface area contributed by atoms with Gasteiger partial charge < -0.3 is 4.74 Å². The van der Waals surface area contributed by atoms with Crippen LogP contribution in [0.4, 0.5) is 10.2 Å². The van der Waals surface area contributed by atoms with Gasteiger partial charge >= 0.3 is 5.97 Å². The molecule has 2 heterocycles. The van der Waals surface area contributed by atoms with Crippen LogP contribution in [0.25, 0.3) is 5.65 Å². The van der Waals surface area contributed by atoms with Gasteiger partial charge in [0.25, 0.3) is 0 Å². The summed E-state index contributed by atoms with van der Waals surface area (Å²) in [7, 11) is 1.22. The number of esters is 1. The first-order chi connectivity index (χ1) is 8.17. The van der Waals surface area contributed by atoms with Crippen molar-refractivity contribution in [1.29, 1.82) is 0 Å². The Labute approximate surface area is 95.0 Å². The molecule has 17 heavy (non-hydrogen) atoms. The van der Waals surface area contributed by atoms with Crippen LogP contribution in [0.15, 0.2) is 23.5 Å². The highest BCUT2D eigenvalue weighted by atomic mass is 19.1. The third-order valence-corrected chi connectivity index (χ3v) is 2.27. The van der Waals surface area contributed by atoms with Crippen molar-refractivity contribution in [2.45, 2.75) is 6.42 Å². The van der Waals surface area contributed by atoms with Gasteiger partial charge in [-0.15, -0.1) is 4.91 Å². The topological polar surface area (TPSA) is 73.0 Å². The second-order valence-corrected chi connectivity index (χ2v) is 3.28. The maximum atomic E-state index is 13.4. The predicted octanol–water partition coefficient (Wildman–Crippen LogP) is 1.59. The number of carbonyl (C=O) groups excluding carboxylic acids is 1.